The zero-order valence-corrected chi connectivity index (χ0v) is 11.7. The number of nitrogens with zero attached hydrogens (tertiary/aromatic N) is 1. The van der Waals surface area contributed by atoms with Crippen LogP contribution in [0.3, 0.4) is 0 Å². The summed E-state index contributed by atoms with van der Waals surface area (Å²) in [5.74, 6) is -0.723. The molecule has 0 spiro atoms. The minimum atomic E-state index is -0.723. The molecular weight excluding hydrogens is 250 g/mol. The molecule has 0 radical (unpaired) electrons. The lowest BCUT2D eigenvalue weighted by Crippen LogP contribution is -2.11. The van der Waals surface area contributed by atoms with Crippen molar-refractivity contribution >= 4 is 16.9 Å². The highest BCUT2D eigenvalue weighted by Crippen LogP contribution is 2.33. The Bertz CT molecular complexity index is 608. The Labute approximate surface area is 119 Å². The fourth-order valence-corrected chi connectivity index (χ4v) is 3.38. The standard InChI is InChI=1S/C17H21NO2/c19-17(20)11-10-13-12-18(14-6-2-1-3-7-14)16-9-5-4-8-15(13)16/h4-5,8-9,12,14H,1-3,6-7,10-11H2,(H,19,20). The molecule has 3 heteroatoms. The predicted octanol–water partition coefficient (Wildman–Crippen LogP) is 4.16. The van der Waals surface area contributed by atoms with E-state index in [4.69, 9.17) is 5.11 Å². The molecule has 2 aromatic rings. The topological polar surface area (TPSA) is 42.2 Å². The first kappa shape index (κ1) is 13.2. The second-order valence-corrected chi connectivity index (χ2v) is 5.76. The van der Waals surface area contributed by atoms with Gasteiger partial charge in [-0.3, -0.25) is 4.79 Å². The summed E-state index contributed by atoms with van der Waals surface area (Å²) in [5.41, 5.74) is 2.44. The summed E-state index contributed by atoms with van der Waals surface area (Å²) in [6.07, 6.45) is 9.48. The monoisotopic (exact) mass is 271 g/mol. The number of fused-ring (bicyclic) bond motifs is 1. The van der Waals surface area contributed by atoms with E-state index in [2.05, 4.69) is 29.0 Å². The highest BCUT2D eigenvalue weighted by atomic mass is 16.4. The maximum atomic E-state index is 10.8. The number of carbonyl (C=O) groups is 1. The van der Waals surface area contributed by atoms with Crippen LogP contribution in [0.1, 0.15) is 50.1 Å². The molecule has 20 heavy (non-hydrogen) atoms. The molecule has 1 N–H and O–H groups in total. The molecule has 0 atom stereocenters. The molecule has 1 aliphatic carbocycles. The largest absolute Gasteiger partial charge is 0.481 e. The molecule has 1 heterocycles. The number of para-hydroxylation sites is 1. The number of carboxylic acid groups (broad SMARTS) is 1. The number of carboxylic acids is 1. The summed E-state index contributed by atoms with van der Waals surface area (Å²) in [6, 6.07) is 8.98. The molecular formula is C17H21NO2. The molecule has 1 aliphatic rings. The summed E-state index contributed by atoms with van der Waals surface area (Å²) < 4.78 is 2.39. The van der Waals surface area contributed by atoms with Crippen LogP contribution in [-0.2, 0) is 11.2 Å². The third-order valence-corrected chi connectivity index (χ3v) is 4.40. The molecule has 3 rings (SSSR count). The van der Waals surface area contributed by atoms with E-state index in [1.807, 2.05) is 6.07 Å². The fourth-order valence-electron chi connectivity index (χ4n) is 3.38. The molecule has 1 aromatic carbocycles. The average Bonchev–Trinajstić information content (AvgIpc) is 2.85. The zero-order chi connectivity index (χ0) is 13.9. The summed E-state index contributed by atoms with van der Waals surface area (Å²) in [4.78, 5) is 10.8. The number of hydrogen-bond acceptors (Lipinski definition) is 1. The molecule has 0 aliphatic heterocycles. The maximum absolute atomic E-state index is 10.8. The van der Waals surface area contributed by atoms with Gasteiger partial charge in [-0.1, -0.05) is 37.5 Å². The van der Waals surface area contributed by atoms with Gasteiger partial charge >= 0.3 is 5.97 Å². The highest BCUT2D eigenvalue weighted by molar-refractivity contribution is 5.84. The fraction of sp³-hybridized carbons (Fsp3) is 0.471. The first-order chi connectivity index (χ1) is 9.75. The van der Waals surface area contributed by atoms with Crippen molar-refractivity contribution in [1.29, 1.82) is 0 Å². The number of aromatic nitrogens is 1. The van der Waals surface area contributed by atoms with E-state index in [1.54, 1.807) is 0 Å². The number of hydrogen-bond donors (Lipinski definition) is 1. The Hall–Kier alpha value is -1.77. The van der Waals surface area contributed by atoms with E-state index in [1.165, 1.54) is 48.6 Å². The van der Waals surface area contributed by atoms with Crippen LogP contribution in [0.5, 0.6) is 0 Å². The third kappa shape index (κ3) is 2.58. The molecule has 106 valence electrons. The smallest absolute Gasteiger partial charge is 0.303 e. The summed E-state index contributed by atoms with van der Waals surface area (Å²) in [5, 5.41) is 10.1. The number of rotatable bonds is 4. The van der Waals surface area contributed by atoms with Crippen LogP contribution in [0.4, 0.5) is 0 Å². The van der Waals surface area contributed by atoms with Crippen LogP contribution in [0.15, 0.2) is 30.5 Å². The van der Waals surface area contributed by atoms with Crippen LogP contribution < -0.4 is 0 Å². The normalized spacial score (nSPS) is 16.6. The van der Waals surface area contributed by atoms with Gasteiger partial charge in [0.25, 0.3) is 0 Å². The van der Waals surface area contributed by atoms with E-state index in [-0.39, 0.29) is 6.42 Å². The van der Waals surface area contributed by atoms with Gasteiger partial charge in [0.2, 0.25) is 0 Å². The molecule has 1 saturated carbocycles. The van der Waals surface area contributed by atoms with Crippen molar-refractivity contribution in [2.45, 2.75) is 51.0 Å². The van der Waals surface area contributed by atoms with E-state index < -0.39 is 5.97 Å². The Balaban J connectivity index is 1.96. The van der Waals surface area contributed by atoms with Crippen molar-refractivity contribution in [1.82, 2.24) is 4.57 Å². The van der Waals surface area contributed by atoms with Gasteiger partial charge in [-0.25, -0.2) is 0 Å². The van der Waals surface area contributed by atoms with Gasteiger partial charge in [-0.15, -0.1) is 0 Å². The van der Waals surface area contributed by atoms with E-state index in [9.17, 15) is 4.79 Å². The van der Waals surface area contributed by atoms with Crippen molar-refractivity contribution in [2.24, 2.45) is 0 Å². The van der Waals surface area contributed by atoms with Crippen LogP contribution in [0.2, 0.25) is 0 Å². The third-order valence-electron chi connectivity index (χ3n) is 4.40. The van der Waals surface area contributed by atoms with Gasteiger partial charge in [0.05, 0.1) is 0 Å². The second kappa shape index (κ2) is 5.70. The van der Waals surface area contributed by atoms with Gasteiger partial charge in [0, 0.05) is 29.6 Å². The van der Waals surface area contributed by atoms with Gasteiger partial charge in [0.1, 0.15) is 0 Å². The highest BCUT2D eigenvalue weighted by Gasteiger charge is 2.18. The SMILES string of the molecule is O=C(O)CCc1cn(C2CCCCC2)c2ccccc12. The van der Waals surface area contributed by atoms with Gasteiger partial charge in [0.15, 0.2) is 0 Å². The Morgan fingerprint density at radius 2 is 1.95 bits per heavy atom. The lowest BCUT2D eigenvalue weighted by molar-refractivity contribution is -0.136. The summed E-state index contributed by atoms with van der Waals surface area (Å²) >= 11 is 0. The zero-order valence-electron chi connectivity index (χ0n) is 11.7. The van der Waals surface area contributed by atoms with Crippen LogP contribution in [-0.4, -0.2) is 15.6 Å². The van der Waals surface area contributed by atoms with Crippen LogP contribution in [0.25, 0.3) is 10.9 Å². The molecule has 0 bridgehead atoms. The van der Waals surface area contributed by atoms with Crippen molar-refractivity contribution in [3.63, 3.8) is 0 Å². The second-order valence-electron chi connectivity index (χ2n) is 5.76. The van der Waals surface area contributed by atoms with Gasteiger partial charge in [-0.05, 0) is 30.9 Å². The first-order valence-corrected chi connectivity index (χ1v) is 7.56. The number of aliphatic carboxylic acids is 1. The quantitative estimate of drug-likeness (QED) is 0.907. The summed E-state index contributed by atoms with van der Waals surface area (Å²) in [6.45, 7) is 0. The van der Waals surface area contributed by atoms with E-state index in [0.29, 0.717) is 12.5 Å². The molecule has 0 saturated heterocycles. The van der Waals surface area contributed by atoms with Crippen molar-refractivity contribution < 1.29 is 9.90 Å². The molecule has 0 amide bonds. The maximum Gasteiger partial charge on any atom is 0.303 e. The molecule has 1 fully saturated rings. The minimum Gasteiger partial charge on any atom is -0.481 e. The Morgan fingerprint density at radius 3 is 2.70 bits per heavy atom. The molecule has 3 nitrogen and oxygen atoms in total. The lowest BCUT2D eigenvalue weighted by atomic mass is 9.95. The Kier molecular flexibility index (Phi) is 3.77. The van der Waals surface area contributed by atoms with Gasteiger partial charge in [-0.2, -0.15) is 0 Å². The van der Waals surface area contributed by atoms with E-state index >= 15 is 0 Å². The summed E-state index contributed by atoms with van der Waals surface area (Å²) in [7, 11) is 0. The van der Waals surface area contributed by atoms with Crippen LogP contribution in [0, 0.1) is 0 Å². The van der Waals surface area contributed by atoms with Crippen molar-refractivity contribution in [3.8, 4) is 0 Å². The minimum absolute atomic E-state index is 0.207. The van der Waals surface area contributed by atoms with Crippen molar-refractivity contribution in [2.75, 3.05) is 0 Å². The molecule has 1 aromatic heterocycles. The van der Waals surface area contributed by atoms with Gasteiger partial charge < -0.3 is 9.67 Å². The first-order valence-electron chi connectivity index (χ1n) is 7.56. The Morgan fingerprint density at radius 1 is 1.20 bits per heavy atom. The van der Waals surface area contributed by atoms with E-state index in [0.717, 1.165) is 0 Å². The lowest BCUT2D eigenvalue weighted by Gasteiger charge is -2.24. The number of benzene rings is 1. The average molecular weight is 271 g/mol. The molecule has 0 unspecified atom stereocenters. The van der Waals surface area contributed by atoms with Crippen LogP contribution >= 0.6 is 0 Å². The number of aryl methyl sites for hydroxylation is 1. The predicted molar refractivity (Wildman–Crippen MR) is 80.0 cm³/mol. The van der Waals surface area contributed by atoms with Crippen molar-refractivity contribution in [3.05, 3.63) is 36.0 Å².